The highest BCUT2D eigenvalue weighted by atomic mass is 35.5. The maximum Gasteiger partial charge on any atom is 0.313 e. The molecule has 21 heavy (non-hydrogen) atoms. The Morgan fingerprint density at radius 1 is 1.62 bits per heavy atom. The number of carbonyl (C=O) groups is 1. The lowest BCUT2D eigenvalue weighted by molar-refractivity contribution is -0.133. The summed E-state index contributed by atoms with van der Waals surface area (Å²) in [6, 6.07) is 1.68. The number of hydrogen-bond donors (Lipinski definition) is 1. The van der Waals surface area contributed by atoms with Crippen LogP contribution in [-0.4, -0.2) is 47.1 Å². The molecule has 6 nitrogen and oxygen atoms in total. The third-order valence-electron chi connectivity index (χ3n) is 2.85. The number of aromatic nitrogens is 3. The highest BCUT2D eigenvalue weighted by Crippen LogP contribution is 2.25. The van der Waals surface area contributed by atoms with Crippen LogP contribution in [0.4, 0.5) is 0 Å². The Bertz CT molecular complexity index is 704. The highest BCUT2D eigenvalue weighted by Gasteiger charge is 2.17. The van der Waals surface area contributed by atoms with E-state index in [1.165, 1.54) is 6.20 Å². The Balaban J connectivity index is 2.43. The molecule has 0 amide bonds. The number of halogens is 1. The number of hydrogen-bond acceptors (Lipinski definition) is 5. The van der Waals surface area contributed by atoms with E-state index in [2.05, 4.69) is 9.97 Å². The van der Waals surface area contributed by atoms with Crippen LogP contribution in [0.3, 0.4) is 0 Å². The average molecular weight is 348 g/mol. The molecule has 0 saturated heterocycles. The zero-order chi connectivity index (χ0) is 15.6. The smallest absolute Gasteiger partial charge is 0.313 e. The van der Waals surface area contributed by atoms with Crippen LogP contribution in [0, 0.1) is 0 Å². The lowest BCUT2D eigenvalue weighted by Crippen LogP contribution is -2.18. The van der Waals surface area contributed by atoms with Gasteiger partial charge >= 0.3 is 5.97 Å². The quantitative estimate of drug-likeness (QED) is 0.805. The summed E-state index contributed by atoms with van der Waals surface area (Å²) in [5.41, 5.74) is 1.22. The molecule has 2 atom stereocenters. The van der Waals surface area contributed by atoms with E-state index >= 15 is 0 Å². The fourth-order valence-corrected chi connectivity index (χ4v) is 2.97. The molecule has 2 aromatic rings. The predicted molar refractivity (Wildman–Crippen MR) is 84.4 cm³/mol. The molecule has 2 rings (SSSR count). The average Bonchev–Trinajstić information content (AvgIpc) is 2.73. The molecule has 2 aromatic heterocycles. The predicted octanol–water partition coefficient (Wildman–Crippen LogP) is 2.03. The molecule has 9 heteroatoms. The topological polar surface area (TPSA) is 85.1 Å². The maximum absolute atomic E-state index is 11.6. The van der Waals surface area contributed by atoms with Gasteiger partial charge in [0.15, 0.2) is 10.8 Å². The standard InChI is InChI=1S/C12H14ClN3O3S2/c1-7(21(2)19)5-16-11-9(3-8(13)4-14-11)15-12(16)20-6-10(17)18/h3-4,7H,5-6H2,1-2H3,(H,17,18). The molecule has 0 fully saturated rings. The van der Waals surface area contributed by atoms with Gasteiger partial charge in [0, 0.05) is 35.0 Å². The number of imidazole rings is 1. The second kappa shape index (κ2) is 6.76. The number of thioether (sulfide) groups is 1. The van der Waals surface area contributed by atoms with Crippen molar-refractivity contribution in [2.75, 3.05) is 12.0 Å². The van der Waals surface area contributed by atoms with Gasteiger partial charge in [-0.15, -0.1) is 0 Å². The van der Waals surface area contributed by atoms with E-state index in [0.717, 1.165) is 11.8 Å². The van der Waals surface area contributed by atoms with Crippen molar-refractivity contribution in [2.24, 2.45) is 0 Å². The Morgan fingerprint density at radius 2 is 2.33 bits per heavy atom. The molecule has 114 valence electrons. The zero-order valence-electron chi connectivity index (χ0n) is 11.4. The van der Waals surface area contributed by atoms with Crippen molar-refractivity contribution in [1.29, 1.82) is 0 Å². The van der Waals surface area contributed by atoms with Gasteiger partial charge in [-0.1, -0.05) is 23.4 Å². The number of nitrogens with zero attached hydrogens (tertiary/aromatic N) is 3. The fourth-order valence-electron chi connectivity index (χ4n) is 1.73. The van der Waals surface area contributed by atoms with Gasteiger partial charge in [0.25, 0.3) is 0 Å². The molecular formula is C12H14ClN3O3S2. The normalized spacial score (nSPS) is 14.2. The van der Waals surface area contributed by atoms with E-state index in [0.29, 0.717) is 27.9 Å². The number of rotatable bonds is 6. The molecular weight excluding hydrogens is 334 g/mol. The van der Waals surface area contributed by atoms with E-state index in [1.54, 1.807) is 16.9 Å². The molecule has 1 N–H and O–H groups in total. The number of carboxylic acids is 1. The molecule has 0 aliphatic heterocycles. The lowest BCUT2D eigenvalue weighted by Gasteiger charge is -2.12. The minimum absolute atomic E-state index is 0.0935. The van der Waals surface area contributed by atoms with Gasteiger partial charge in [-0.05, 0) is 13.0 Å². The van der Waals surface area contributed by atoms with Crippen LogP contribution in [0.15, 0.2) is 17.4 Å². The van der Waals surface area contributed by atoms with E-state index in [9.17, 15) is 9.00 Å². The van der Waals surface area contributed by atoms with Gasteiger partial charge < -0.3 is 9.67 Å². The van der Waals surface area contributed by atoms with Crippen molar-refractivity contribution in [3.8, 4) is 0 Å². The van der Waals surface area contributed by atoms with Gasteiger partial charge in [-0.2, -0.15) is 0 Å². The second-order valence-electron chi connectivity index (χ2n) is 4.49. The van der Waals surface area contributed by atoms with Crippen LogP contribution in [0.25, 0.3) is 11.2 Å². The minimum Gasteiger partial charge on any atom is -0.481 e. The Kier molecular flexibility index (Phi) is 5.23. The summed E-state index contributed by atoms with van der Waals surface area (Å²) in [5, 5.41) is 9.73. The molecule has 0 aliphatic carbocycles. The van der Waals surface area contributed by atoms with Crippen LogP contribution in [0.5, 0.6) is 0 Å². The molecule has 0 spiro atoms. The fraction of sp³-hybridized carbons (Fsp3) is 0.417. The van der Waals surface area contributed by atoms with Crippen LogP contribution < -0.4 is 0 Å². The monoisotopic (exact) mass is 347 g/mol. The van der Waals surface area contributed by atoms with E-state index in [-0.39, 0.29) is 11.0 Å². The lowest BCUT2D eigenvalue weighted by atomic mass is 10.4. The summed E-state index contributed by atoms with van der Waals surface area (Å²) >= 11 is 7.01. The van der Waals surface area contributed by atoms with Gasteiger partial charge in [-0.3, -0.25) is 9.00 Å². The first-order valence-corrected chi connectivity index (χ1v) is 9.05. The van der Waals surface area contributed by atoms with Crippen molar-refractivity contribution in [2.45, 2.75) is 23.9 Å². The zero-order valence-corrected chi connectivity index (χ0v) is 13.8. The molecule has 0 aromatic carbocycles. The van der Waals surface area contributed by atoms with Gasteiger partial charge in [0.2, 0.25) is 0 Å². The summed E-state index contributed by atoms with van der Waals surface area (Å²) in [5.74, 6) is -1.02. The van der Waals surface area contributed by atoms with E-state index < -0.39 is 16.8 Å². The van der Waals surface area contributed by atoms with Gasteiger partial charge in [0.05, 0.1) is 10.8 Å². The summed E-state index contributed by atoms with van der Waals surface area (Å²) in [6.45, 7) is 2.32. The van der Waals surface area contributed by atoms with Gasteiger partial charge in [0.1, 0.15) is 5.52 Å². The Hall–Kier alpha value is -1.12. The summed E-state index contributed by atoms with van der Waals surface area (Å²) in [7, 11) is -0.991. The van der Waals surface area contributed by atoms with Crippen LogP contribution in [0.2, 0.25) is 5.02 Å². The highest BCUT2D eigenvalue weighted by molar-refractivity contribution is 7.99. The van der Waals surface area contributed by atoms with Crippen molar-refractivity contribution in [1.82, 2.24) is 14.5 Å². The maximum atomic E-state index is 11.6. The summed E-state index contributed by atoms with van der Waals surface area (Å²) in [4.78, 5) is 19.4. The van der Waals surface area contributed by atoms with Crippen molar-refractivity contribution < 1.29 is 14.1 Å². The first kappa shape index (κ1) is 16.3. The third kappa shape index (κ3) is 3.96. The first-order chi connectivity index (χ1) is 9.88. The van der Waals surface area contributed by atoms with E-state index in [4.69, 9.17) is 16.7 Å². The SMILES string of the molecule is CC(Cn1c(SCC(=O)O)nc2cc(Cl)cnc21)S(C)=O. The number of fused-ring (bicyclic) bond motifs is 1. The largest absolute Gasteiger partial charge is 0.481 e. The van der Waals surface area contributed by atoms with Crippen LogP contribution in [0.1, 0.15) is 6.92 Å². The first-order valence-electron chi connectivity index (χ1n) is 6.07. The summed E-state index contributed by atoms with van der Waals surface area (Å²) < 4.78 is 13.4. The van der Waals surface area contributed by atoms with Crippen molar-refractivity contribution in [3.63, 3.8) is 0 Å². The molecule has 0 bridgehead atoms. The molecule has 0 radical (unpaired) electrons. The number of pyridine rings is 1. The molecule has 0 saturated carbocycles. The molecule has 0 aliphatic rings. The second-order valence-corrected chi connectivity index (χ2v) is 7.67. The van der Waals surface area contributed by atoms with Crippen molar-refractivity contribution in [3.05, 3.63) is 17.3 Å². The number of aliphatic carboxylic acids is 1. The van der Waals surface area contributed by atoms with E-state index in [1.807, 2.05) is 6.92 Å². The minimum atomic E-state index is -0.991. The molecule has 2 unspecified atom stereocenters. The van der Waals surface area contributed by atoms with Crippen LogP contribution in [-0.2, 0) is 22.1 Å². The number of carboxylic acid groups (broad SMARTS) is 1. The van der Waals surface area contributed by atoms with Crippen LogP contribution >= 0.6 is 23.4 Å². The van der Waals surface area contributed by atoms with Crippen molar-refractivity contribution >= 4 is 51.3 Å². The Labute approximate surface area is 133 Å². The third-order valence-corrected chi connectivity index (χ3v) is 5.30. The van der Waals surface area contributed by atoms with Gasteiger partial charge in [-0.25, -0.2) is 9.97 Å². The molecule has 2 heterocycles. The summed E-state index contributed by atoms with van der Waals surface area (Å²) in [6.07, 6.45) is 3.15. The Morgan fingerprint density at radius 3 is 2.95 bits per heavy atom.